The lowest BCUT2D eigenvalue weighted by Gasteiger charge is -2.39. The van der Waals surface area contributed by atoms with Gasteiger partial charge in [0.25, 0.3) is 0 Å². The molecule has 1 heterocycles. The maximum atomic E-state index is 9.82. The van der Waals surface area contributed by atoms with Gasteiger partial charge in [0.05, 0.1) is 10.0 Å². The Balaban J connectivity index is 2.18. The third kappa shape index (κ3) is 4.57. The van der Waals surface area contributed by atoms with E-state index < -0.39 is 5.72 Å². The minimum absolute atomic E-state index is 0.0464. The minimum atomic E-state index is -0.846. The molecule has 0 amide bonds. The highest BCUT2D eigenvalue weighted by Crippen LogP contribution is 2.37. The molecule has 1 aromatic rings. The van der Waals surface area contributed by atoms with Gasteiger partial charge in [-0.3, -0.25) is 5.32 Å². The van der Waals surface area contributed by atoms with Crippen LogP contribution in [0.3, 0.4) is 0 Å². The van der Waals surface area contributed by atoms with Crippen molar-refractivity contribution < 1.29 is 5.11 Å². The molecule has 21 heavy (non-hydrogen) atoms. The summed E-state index contributed by atoms with van der Waals surface area (Å²) >= 11 is 12.2. The first-order chi connectivity index (χ1) is 9.82. The van der Waals surface area contributed by atoms with E-state index in [1.807, 2.05) is 12.1 Å². The summed E-state index contributed by atoms with van der Waals surface area (Å²) in [4.78, 5) is 0. The highest BCUT2D eigenvalue weighted by molar-refractivity contribution is 6.42. The van der Waals surface area contributed by atoms with E-state index in [-0.39, 0.29) is 5.41 Å². The number of aliphatic hydroxyl groups is 1. The van der Waals surface area contributed by atoms with Crippen molar-refractivity contribution in [3.05, 3.63) is 33.8 Å². The van der Waals surface area contributed by atoms with Crippen LogP contribution in [0.4, 0.5) is 0 Å². The molecule has 0 bridgehead atoms. The molecule has 0 aromatic heterocycles. The van der Waals surface area contributed by atoms with E-state index in [0.717, 1.165) is 38.9 Å². The van der Waals surface area contributed by atoms with Crippen molar-refractivity contribution in [2.75, 3.05) is 19.6 Å². The first kappa shape index (κ1) is 17.0. The van der Waals surface area contributed by atoms with Crippen LogP contribution >= 0.6 is 23.2 Å². The third-order valence-corrected chi connectivity index (χ3v) is 4.90. The molecular weight excluding hydrogens is 307 g/mol. The summed E-state index contributed by atoms with van der Waals surface area (Å²) in [6.45, 7) is 6.27. The summed E-state index contributed by atoms with van der Waals surface area (Å²) in [6.07, 6.45) is 3.20. The molecular formula is C16H24Cl2N2O. The summed E-state index contributed by atoms with van der Waals surface area (Å²) in [5.41, 5.74) is 0.424. The van der Waals surface area contributed by atoms with Crippen LogP contribution in [0.5, 0.6) is 0 Å². The second-order valence-corrected chi connectivity index (χ2v) is 7.24. The molecule has 0 saturated carbocycles. The Kier molecular flexibility index (Phi) is 5.55. The van der Waals surface area contributed by atoms with Gasteiger partial charge in [-0.05, 0) is 63.9 Å². The normalized spacial score (nSPS) is 23.3. The monoisotopic (exact) mass is 330 g/mol. The Hall–Kier alpha value is -0.320. The zero-order valence-electron chi connectivity index (χ0n) is 12.7. The fraction of sp³-hybridized carbons (Fsp3) is 0.625. The van der Waals surface area contributed by atoms with E-state index in [2.05, 4.69) is 16.7 Å². The topological polar surface area (TPSA) is 44.3 Å². The number of benzene rings is 1. The van der Waals surface area contributed by atoms with Crippen LogP contribution in [0, 0.1) is 0 Å². The molecule has 0 aliphatic carbocycles. The predicted octanol–water partition coefficient (Wildman–Crippen LogP) is 3.32. The molecule has 3 N–H and O–H groups in total. The van der Waals surface area contributed by atoms with E-state index >= 15 is 0 Å². The molecule has 0 spiro atoms. The first-order valence-corrected chi connectivity index (χ1v) is 8.22. The Labute approximate surface area is 137 Å². The predicted molar refractivity (Wildman–Crippen MR) is 89.2 cm³/mol. The van der Waals surface area contributed by atoms with Crippen molar-refractivity contribution in [1.82, 2.24) is 10.6 Å². The summed E-state index contributed by atoms with van der Waals surface area (Å²) in [5.74, 6) is 0. The summed E-state index contributed by atoms with van der Waals surface area (Å²) in [5, 5.41) is 17.7. The van der Waals surface area contributed by atoms with Crippen LogP contribution in [0.15, 0.2) is 18.2 Å². The molecule has 1 aliphatic heterocycles. The van der Waals surface area contributed by atoms with Crippen LogP contribution in [0.25, 0.3) is 0 Å². The second kappa shape index (κ2) is 6.84. The molecule has 0 unspecified atom stereocenters. The Morgan fingerprint density at radius 1 is 1.33 bits per heavy atom. The van der Waals surface area contributed by atoms with Crippen molar-refractivity contribution in [1.29, 1.82) is 0 Å². The van der Waals surface area contributed by atoms with E-state index in [0.29, 0.717) is 10.0 Å². The maximum absolute atomic E-state index is 9.82. The van der Waals surface area contributed by atoms with Crippen molar-refractivity contribution in [3.63, 3.8) is 0 Å². The summed E-state index contributed by atoms with van der Waals surface area (Å²) < 4.78 is 0. The minimum Gasteiger partial charge on any atom is -0.376 e. The standard InChI is InChI=1S/C16H24Cl2N2O/c1-15(2,21)20-9-7-16(6-3-8-19-11-16)12-4-5-13(17)14(18)10-12/h4-5,10,19-21H,3,6-9,11H2,1-2H3/t16-/m1/s1. The SMILES string of the molecule is CC(C)(O)NCC[C@]1(c2ccc(Cl)c(Cl)c2)CCCNC1. The molecule has 1 saturated heterocycles. The molecule has 118 valence electrons. The Morgan fingerprint density at radius 2 is 2.10 bits per heavy atom. The van der Waals surface area contributed by atoms with Gasteiger partial charge in [-0.25, -0.2) is 0 Å². The molecule has 3 nitrogen and oxygen atoms in total. The zero-order chi connectivity index (χ0) is 15.5. The Bertz CT molecular complexity index is 480. The van der Waals surface area contributed by atoms with E-state index in [9.17, 15) is 5.11 Å². The molecule has 1 aliphatic rings. The van der Waals surface area contributed by atoms with Gasteiger partial charge in [0, 0.05) is 12.0 Å². The van der Waals surface area contributed by atoms with Crippen molar-refractivity contribution in [2.45, 2.75) is 44.2 Å². The lowest BCUT2D eigenvalue weighted by atomic mass is 9.72. The van der Waals surface area contributed by atoms with Crippen LogP contribution in [0.1, 0.15) is 38.7 Å². The average molecular weight is 331 g/mol. The zero-order valence-corrected chi connectivity index (χ0v) is 14.2. The number of hydrogen-bond donors (Lipinski definition) is 3. The van der Waals surface area contributed by atoms with Crippen LogP contribution in [-0.2, 0) is 5.41 Å². The van der Waals surface area contributed by atoms with Gasteiger partial charge in [0.2, 0.25) is 0 Å². The number of halogens is 2. The third-order valence-electron chi connectivity index (χ3n) is 4.17. The molecule has 2 rings (SSSR count). The van der Waals surface area contributed by atoms with Gasteiger partial charge < -0.3 is 10.4 Å². The highest BCUT2D eigenvalue weighted by atomic mass is 35.5. The number of hydrogen-bond acceptors (Lipinski definition) is 3. The average Bonchev–Trinajstić information content (AvgIpc) is 2.41. The maximum Gasteiger partial charge on any atom is 0.110 e. The Morgan fingerprint density at radius 3 is 2.67 bits per heavy atom. The number of piperidine rings is 1. The van der Waals surface area contributed by atoms with E-state index in [1.165, 1.54) is 5.56 Å². The van der Waals surface area contributed by atoms with Gasteiger partial charge in [-0.15, -0.1) is 0 Å². The van der Waals surface area contributed by atoms with Crippen LogP contribution < -0.4 is 10.6 Å². The lowest BCUT2D eigenvalue weighted by molar-refractivity contribution is 0.0411. The smallest absolute Gasteiger partial charge is 0.110 e. The van der Waals surface area contributed by atoms with Gasteiger partial charge in [0.1, 0.15) is 5.72 Å². The number of rotatable bonds is 5. The first-order valence-electron chi connectivity index (χ1n) is 7.46. The largest absolute Gasteiger partial charge is 0.376 e. The fourth-order valence-electron chi connectivity index (χ4n) is 3.01. The van der Waals surface area contributed by atoms with Crippen LogP contribution in [0.2, 0.25) is 10.0 Å². The molecule has 1 aromatic carbocycles. The molecule has 1 atom stereocenters. The van der Waals surface area contributed by atoms with Crippen LogP contribution in [-0.4, -0.2) is 30.5 Å². The second-order valence-electron chi connectivity index (χ2n) is 6.43. The van der Waals surface area contributed by atoms with E-state index in [1.54, 1.807) is 13.8 Å². The molecule has 5 heteroatoms. The molecule has 1 fully saturated rings. The van der Waals surface area contributed by atoms with Gasteiger partial charge in [0.15, 0.2) is 0 Å². The summed E-state index contributed by atoms with van der Waals surface area (Å²) in [7, 11) is 0. The van der Waals surface area contributed by atoms with Crippen molar-refractivity contribution in [2.24, 2.45) is 0 Å². The quantitative estimate of drug-likeness (QED) is 0.725. The van der Waals surface area contributed by atoms with Gasteiger partial charge in [-0.1, -0.05) is 29.3 Å². The van der Waals surface area contributed by atoms with Gasteiger partial charge >= 0.3 is 0 Å². The molecule has 0 radical (unpaired) electrons. The fourth-order valence-corrected chi connectivity index (χ4v) is 3.30. The summed E-state index contributed by atoms with van der Waals surface area (Å²) in [6, 6.07) is 5.94. The number of nitrogens with one attached hydrogen (secondary N) is 2. The van der Waals surface area contributed by atoms with Gasteiger partial charge in [-0.2, -0.15) is 0 Å². The lowest BCUT2D eigenvalue weighted by Crippen LogP contribution is -2.47. The van der Waals surface area contributed by atoms with Crippen molar-refractivity contribution in [3.8, 4) is 0 Å². The van der Waals surface area contributed by atoms with E-state index in [4.69, 9.17) is 23.2 Å². The van der Waals surface area contributed by atoms with Crippen molar-refractivity contribution >= 4 is 23.2 Å². The highest BCUT2D eigenvalue weighted by Gasteiger charge is 2.34.